The number of nitrogens with zero attached hydrogens (tertiary/aromatic N) is 7. The van der Waals surface area contributed by atoms with E-state index in [1.807, 2.05) is 6.07 Å². The van der Waals surface area contributed by atoms with Gasteiger partial charge in [-0.3, -0.25) is 14.6 Å². The van der Waals surface area contributed by atoms with Gasteiger partial charge in [0.05, 0.1) is 28.0 Å². The first kappa shape index (κ1) is 26.1. The fraction of sp³-hybridized carbons (Fsp3) is 0.259. The maximum absolute atomic E-state index is 15.2. The highest BCUT2D eigenvalue weighted by Crippen LogP contribution is 2.40. The van der Waals surface area contributed by atoms with E-state index in [1.165, 1.54) is 23.1 Å². The van der Waals surface area contributed by atoms with Gasteiger partial charge in [-0.1, -0.05) is 35.7 Å². The molecule has 0 radical (unpaired) electrons. The Kier molecular flexibility index (Phi) is 6.57. The van der Waals surface area contributed by atoms with Crippen LogP contribution in [0.1, 0.15) is 42.4 Å². The van der Waals surface area contributed by atoms with Crippen LogP contribution in [0.5, 0.6) is 0 Å². The molecule has 1 aromatic carbocycles. The Balaban J connectivity index is 1.37. The van der Waals surface area contributed by atoms with Crippen LogP contribution in [0.25, 0.3) is 27.9 Å². The summed E-state index contributed by atoms with van der Waals surface area (Å²) in [5.41, 5.74) is 2.49. The normalized spacial score (nSPS) is 14.4. The molecule has 1 unspecified atom stereocenters. The van der Waals surface area contributed by atoms with Gasteiger partial charge in [-0.05, 0) is 55.2 Å². The monoisotopic (exact) mass is 569 g/mol. The zero-order valence-electron chi connectivity index (χ0n) is 21.1. The molecule has 0 amide bonds. The van der Waals surface area contributed by atoms with E-state index in [-0.39, 0.29) is 16.6 Å². The number of H-pyrrole nitrogens is 1. The maximum atomic E-state index is 15.2. The predicted octanol–water partition coefficient (Wildman–Crippen LogP) is 5.91. The third-order valence-corrected chi connectivity index (χ3v) is 7.27. The molecule has 0 spiro atoms. The summed E-state index contributed by atoms with van der Waals surface area (Å²) in [7, 11) is 0. The molecule has 204 valence electrons. The van der Waals surface area contributed by atoms with E-state index in [4.69, 9.17) is 11.6 Å². The number of rotatable bonds is 7. The largest absolute Gasteiger partial charge is 0.433 e. The van der Waals surface area contributed by atoms with Gasteiger partial charge in [0.25, 0.3) is 6.33 Å². The van der Waals surface area contributed by atoms with E-state index in [9.17, 15) is 13.2 Å². The van der Waals surface area contributed by atoms with Crippen LogP contribution in [0.2, 0.25) is 5.02 Å². The summed E-state index contributed by atoms with van der Waals surface area (Å²) in [6.07, 6.45) is 4.30. The van der Waals surface area contributed by atoms with Gasteiger partial charge in [0.1, 0.15) is 16.5 Å². The second-order valence-corrected chi connectivity index (χ2v) is 10.2. The van der Waals surface area contributed by atoms with Crippen LogP contribution in [0, 0.1) is 18.7 Å². The van der Waals surface area contributed by atoms with Crippen LogP contribution in [0.3, 0.4) is 0 Å². The fourth-order valence-electron chi connectivity index (χ4n) is 4.77. The Morgan fingerprint density at radius 3 is 2.62 bits per heavy atom. The summed E-state index contributed by atoms with van der Waals surface area (Å²) >= 11 is 6.10. The summed E-state index contributed by atoms with van der Waals surface area (Å²) in [5.74, 6) is -0.105. The van der Waals surface area contributed by atoms with Gasteiger partial charge in [0.15, 0.2) is 11.0 Å². The van der Waals surface area contributed by atoms with Crippen molar-refractivity contribution in [1.29, 1.82) is 0 Å². The average molecular weight is 570 g/mol. The lowest BCUT2D eigenvalue weighted by atomic mass is 10.0. The minimum absolute atomic E-state index is 0.0353. The van der Waals surface area contributed by atoms with Crippen molar-refractivity contribution in [3.63, 3.8) is 0 Å². The van der Waals surface area contributed by atoms with Crippen LogP contribution >= 0.6 is 11.6 Å². The molecule has 0 aliphatic heterocycles. The van der Waals surface area contributed by atoms with E-state index >= 15 is 4.39 Å². The van der Waals surface area contributed by atoms with E-state index in [0.717, 1.165) is 31.5 Å². The SMILES string of the molecule is Cc1nn(C(CC2CC2)c2ccc(-c3c(-[n+]4cnn[nH]4)ccc(Cl)c3F)cn2)cc1-c1ccnc(C(F)(F)F)c1. The Bertz CT molecular complexity index is 1660. The number of hydrogen-bond donors (Lipinski definition) is 1. The topological polar surface area (TPSA) is 89.0 Å². The summed E-state index contributed by atoms with van der Waals surface area (Å²) < 4.78 is 58.3. The number of pyridine rings is 2. The first-order chi connectivity index (χ1) is 19.2. The molecule has 1 saturated carbocycles. The van der Waals surface area contributed by atoms with Crippen molar-refractivity contribution in [3.05, 3.63) is 89.2 Å². The predicted molar refractivity (Wildman–Crippen MR) is 137 cm³/mol. The zero-order valence-corrected chi connectivity index (χ0v) is 21.8. The highest BCUT2D eigenvalue weighted by atomic mass is 35.5. The highest BCUT2D eigenvalue weighted by Gasteiger charge is 2.33. The summed E-state index contributed by atoms with van der Waals surface area (Å²) in [6.45, 7) is 1.76. The van der Waals surface area contributed by atoms with Gasteiger partial charge in [-0.2, -0.15) is 18.3 Å². The number of alkyl halides is 3. The Hall–Kier alpha value is -4.19. The van der Waals surface area contributed by atoms with Crippen molar-refractivity contribution in [2.24, 2.45) is 5.92 Å². The van der Waals surface area contributed by atoms with Crippen molar-refractivity contribution in [2.45, 2.75) is 38.4 Å². The van der Waals surface area contributed by atoms with Gasteiger partial charge in [0.2, 0.25) is 0 Å². The van der Waals surface area contributed by atoms with Crippen molar-refractivity contribution in [2.75, 3.05) is 0 Å². The molecule has 4 heterocycles. The summed E-state index contributed by atoms with van der Waals surface area (Å²) in [4.78, 5) is 8.15. The maximum Gasteiger partial charge on any atom is 0.433 e. The molecular formula is C27H22ClF4N8+. The Labute approximate surface area is 230 Å². The van der Waals surface area contributed by atoms with Crippen LogP contribution < -0.4 is 4.68 Å². The van der Waals surface area contributed by atoms with Crippen molar-refractivity contribution < 1.29 is 22.2 Å². The molecule has 13 heteroatoms. The van der Waals surface area contributed by atoms with E-state index < -0.39 is 17.7 Å². The smallest absolute Gasteiger partial charge is 0.263 e. The minimum atomic E-state index is -4.55. The molecule has 1 aliphatic carbocycles. The average Bonchev–Trinajstić information content (AvgIpc) is 3.43. The number of aryl methyl sites for hydroxylation is 1. The number of benzene rings is 1. The molecule has 1 atom stereocenters. The molecule has 1 N–H and O–H groups in total. The standard InChI is InChI=1S/C27H21ClF4N8/c1-15-19(17-8-9-33-24(11-17)27(30,31)32)13-39(36-15)23(10-16-2-3-16)21-6-4-18(12-34-21)25-22(40-14-35-37-38-40)7-5-20(28)26(25)29/h4-9,11-14,16,23H,2-3,10H2,1H3/p+1. The van der Waals surface area contributed by atoms with Crippen molar-refractivity contribution in [3.8, 4) is 27.9 Å². The molecule has 0 saturated heterocycles. The Morgan fingerprint density at radius 2 is 1.95 bits per heavy atom. The molecule has 6 rings (SSSR count). The van der Waals surface area contributed by atoms with Crippen LogP contribution in [-0.2, 0) is 6.18 Å². The zero-order chi connectivity index (χ0) is 28.0. The third-order valence-electron chi connectivity index (χ3n) is 6.98. The van der Waals surface area contributed by atoms with E-state index in [1.54, 1.807) is 36.1 Å². The van der Waals surface area contributed by atoms with Gasteiger partial charge >= 0.3 is 6.18 Å². The number of nitrogens with one attached hydrogen (secondary N) is 1. The number of halogens is 5. The molecule has 1 aliphatic rings. The number of hydrogen-bond acceptors (Lipinski definition) is 5. The van der Waals surface area contributed by atoms with Gasteiger partial charge in [0, 0.05) is 29.7 Å². The molecule has 4 aromatic heterocycles. The van der Waals surface area contributed by atoms with E-state index in [2.05, 4.69) is 30.6 Å². The van der Waals surface area contributed by atoms with Gasteiger partial charge in [-0.25, -0.2) is 4.39 Å². The number of aromatic nitrogens is 8. The molecule has 1 fully saturated rings. The lowest BCUT2D eigenvalue weighted by molar-refractivity contribution is -0.659. The van der Waals surface area contributed by atoms with E-state index in [0.29, 0.717) is 39.7 Å². The van der Waals surface area contributed by atoms with Gasteiger partial charge in [-0.15, -0.1) is 4.68 Å². The number of aromatic amines is 1. The lowest BCUT2D eigenvalue weighted by Crippen LogP contribution is -2.33. The summed E-state index contributed by atoms with van der Waals surface area (Å²) in [6, 6.07) is 9.00. The molecule has 8 nitrogen and oxygen atoms in total. The first-order valence-electron chi connectivity index (χ1n) is 12.5. The van der Waals surface area contributed by atoms with Crippen molar-refractivity contribution >= 4 is 11.6 Å². The van der Waals surface area contributed by atoms with Gasteiger partial charge < -0.3 is 0 Å². The summed E-state index contributed by atoms with van der Waals surface area (Å²) in [5, 5.41) is 14.7. The molecule has 0 bridgehead atoms. The third kappa shape index (κ3) is 5.06. The second kappa shape index (κ2) is 10.1. The lowest BCUT2D eigenvalue weighted by Gasteiger charge is -2.18. The Morgan fingerprint density at radius 1 is 1.12 bits per heavy atom. The molecule has 5 aromatic rings. The van der Waals surface area contributed by atoms with Crippen molar-refractivity contribution in [1.82, 2.24) is 35.3 Å². The van der Waals surface area contributed by atoms with Crippen LogP contribution in [0.4, 0.5) is 17.6 Å². The van der Waals surface area contributed by atoms with Crippen LogP contribution in [0.15, 0.2) is 61.3 Å². The second-order valence-electron chi connectivity index (χ2n) is 9.76. The van der Waals surface area contributed by atoms with Crippen LogP contribution in [-0.4, -0.2) is 35.3 Å². The quantitative estimate of drug-likeness (QED) is 0.194. The fourth-order valence-corrected chi connectivity index (χ4v) is 4.93. The first-order valence-corrected chi connectivity index (χ1v) is 12.9. The molecular weight excluding hydrogens is 548 g/mol. The number of tetrazole rings is 1. The minimum Gasteiger partial charge on any atom is -0.263 e. The molecule has 40 heavy (non-hydrogen) atoms. The highest BCUT2D eigenvalue weighted by molar-refractivity contribution is 6.31.